The van der Waals surface area contributed by atoms with E-state index < -0.39 is 29.8 Å². The molecule has 1 fully saturated rings. The molecule has 0 aliphatic carbocycles. The summed E-state index contributed by atoms with van der Waals surface area (Å²) in [5.74, 6) is 0.378. The van der Waals surface area contributed by atoms with Gasteiger partial charge in [0.2, 0.25) is 0 Å². The van der Waals surface area contributed by atoms with E-state index in [9.17, 15) is 9.18 Å². The lowest BCUT2D eigenvalue weighted by Gasteiger charge is -2.35. The zero-order valence-electron chi connectivity index (χ0n) is 19.6. The SMILES string of the molecule is CC(C)(C)OC(=O)N1CC[C@H](Oc2cccc3ccc(-c4nnc5ccc(F)cn45)nc23)[C@H](F)C1. The van der Waals surface area contributed by atoms with Gasteiger partial charge in [0.05, 0.1) is 6.54 Å². The Morgan fingerprint density at radius 3 is 2.71 bits per heavy atom. The van der Waals surface area contributed by atoms with Crippen molar-refractivity contribution in [2.45, 2.75) is 45.1 Å². The Labute approximate surface area is 200 Å². The van der Waals surface area contributed by atoms with Crippen molar-refractivity contribution in [3.63, 3.8) is 0 Å². The van der Waals surface area contributed by atoms with Gasteiger partial charge in [-0.25, -0.2) is 18.6 Å². The molecule has 0 bridgehead atoms. The van der Waals surface area contributed by atoms with Crippen LogP contribution in [0.15, 0.2) is 48.7 Å². The van der Waals surface area contributed by atoms with Gasteiger partial charge in [-0.3, -0.25) is 4.40 Å². The zero-order chi connectivity index (χ0) is 24.7. The van der Waals surface area contributed by atoms with Crippen LogP contribution in [0, 0.1) is 5.82 Å². The fourth-order valence-electron chi connectivity index (χ4n) is 4.05. The highest BCUT2D eigenvalue weighted by Gasteiger charge is 2.35. The van der Waals surface area contributed by atoms with Crippen LogP contribution < -0.4 is 4.74 Å². The minimum atomic E-state index is -1.39. The molecule has 3 aromatic heterocycles. The maximum Gasteiger partial charge on any atom is 0.410 e. The number of hydrogen-bond acceptors (Lipinski definition) is 6. The molecule has 4 aromatic rings. The second-order valence-corrected chi connectivity index (χ2v) is 9.51. The van der Waals surface area contributed by atoms with Crippen molar-refractivity contribution in [3.8, 4) is 17.3 Å². The third-order valence-electron chi connectivity index (χ3n) is 5.69. The molecule has 0 spiro atoms. The quantitative estimate of drug-likeness (QED) is 0.418. The van der Waals surface area contributed by atoms with Gasteiger partial charge in [0.25, 0.3) is 0 Å². The Hall–Kier alpha value is -3.82. The molecule has 0 saturated carbocycles. The number of pyridine rings is 2. The Morgan fingerprint density at radius 2 is 1.94 bits per heavy atom. The third kappa shape index (κ3) is 4.73. The van der Waals surface area contributed by atoms with Crippen LogP contribution in [0.5, 0.6) is 5.75 Å². The number of halogens is 2. The number of piperidine rings is 1. The first-order valence-electron chi connectivity index (χ1n) is 11.4. The molecule has 35 heavy (non-hydrogen) atoms. The minimum absolute atomic E-state index is 0.111. The first kappa shape index (κ1) is 22.9. The van der Waals surface area contributed by atoms with E-state index in [1.54, 1.807) is 32.9 Å². The van der Waals surface area contributed by atoms with E-state index in [0.29, 0.717) is 41.4 Å². The van der Waals surface area contributed by atoms with Crippen LogP contribution in [-0.4, -0.2) is 61.5 Å². The topological polar surface area (TPSA) is 81.8 Å². The van der Waals surface area contributed by atoms with Crippen molar-refractivity contribution in [3.05, 3.63) is 54.5 Å². The normalized spacial score (nSPS) is 18.7. The lowest BCUT2D eigenvalue weighted by Crippen LogP contribution is -2.50. The number of benzene rings is 1. The molecule has 0 radical (unpaired) electrons. The fourth-order valence-corrected chi connectivity index (χ4v) is 4.05. The van der Waals surface area contributed by atoms with Crippen molar-refractivity contribution in [2.75, 3.05) is 13.1 Å². The number of nitrogens with zero attached hydrogens (tertiary/aromatic N) is 5. The lowest BCUT2D eigenvalue weighted by atomic mass is 10.1. The van der Waals surface area contributed by atoms with Crippen LogP contribution in [-0.2, 0) is 4.74 Å². The molecule has 182 valence electrons. The molecule has 1 saturated heterocycles. The van der Waals surface area contributed by atoms with Crippen LogP contribution in [0.2, 0.25) is 0 Å². The largest absolute Gasteiger partial charge is 0.485 e. The average Bonchev–Trinajstić information content (AvgIpc) is 3.22. The van der Waals surface area contributed by atoms with E-state index in [1.807, 2.05) is 18.2 Å². The standard InChI is InChI=1S/C25H25F2N5O3/c1-25(2,3)35-24(33)31-12-11-19(17(27)14-31)34-20-6-4-5-15-7-9-18(28-22(15)20)23-30-29-21-10-8-16(26)13-32(21)23/h4-10,13,17,19H,11-12,14H2,1-3H3/t17-,19+/m1/s1. The van der Waals surface area contributed by atoms with E-state index in [0.717, 1.165) is 5.39 Å². The zero-order valence-corrected chi connectivity index (χ0v) is 19.6. The molecule has 0 N–H and O–H groups in total. The third-order valence-corrected chi connectivity index (χ3v) is 5.69. The summed E-state index contributed by atoms with van der Waals surface area (Å²) in [5, 5.41) is 9.02. The number of ether oxygens (including phenoxy) is 2. The average molecular weight is 482 g/mol. The minimum Gasteiger partial charge on any atom is -0.485 e. The predicted octanol–water partition coefficient (Wildman–Crippen LogP) is 4.81. The molecule has 8 nitrogen and oxygen atoms in total. The number of carbonyl (C=O) groups is 1. The van der Waals surface area contributed by atoms with E-state index >= 15 is 4.39 Å². The summed E-state index contributed by atoms with van der Waals surface area (Å²) in [6.07, 6.45) is -1.06. The number of likely N-dealkylation sites (tertiary alicyclic amines) is 1. The van der Waals surface area contributed by atoms with Gasteiger partial charge in [-0.15, -0.1) is 10.2 Å². The second-order valence-electron chi connectivity index (χ2n) is 9.51. The highest BCUT2D eigenvalue weighted by molar-refractivity contribution is 5.86. The maximum absolute atomic E-state index is 15.0. The van der Waals surface area contributed by atoms with Gasteiger partial charge in [-0.2, -0.15) is 0 Å². The van der Waals surface area contributed by atoms with Crippen LogP contribution in [0.4, 0.5) is 13.6 Å². The first-order valence-corrected chi connectivity index (χ1v) is 11.4. The molecule has 5 rings (SSSR count). The summed E-state index contributed by atoms with van der Waals surface area (Å²) < 4.78 is 41.8. The number of para-hydroxylation sites is 1. The molecule has 1 aliphatic rings. The number of aromatic nitrogens is 4. The van der Waals surface area contributed by atoms with Crippen LogP contribution >= 0.6 is 0 Å². The fraction of sp³-hybridized carbons (Fsp3) is 0.360. The van der Waals surface area contributed by atoms with Crippen LogP contribution in [0.1, 0.15) is 27.2 Å². The van der Waals surface area contributed by atoms with Crippen molar-refractivity contribution < 1.29 is 23.0 Å². The number of amides is 1. The van der Waals surface area contributed by atoms with Crippen molar-refractivity contribution in [1.82, 2.24) is 24.5 Å². The Balaban J connectivity index is 1.39. The number of hydrogen-bond donors (Lipinski definition) is 0. The summed E-state index contributed by atoms with van der Waals surface area (Å²) in [7, 11) is 0. The molecule has 4 heterocycles. The molecule has 0 unspecified atom stereocenters. The van der Waals surface area contributed by atoms with E-state index in [2.05, 4.69) is 10.2 Å². The molecule has 1 aliphatic heterocycles. The summed E-state index contributed by atoms with van der Waals surface area (Å²) in [5.41, 5.74) is 0.845. The number of alkyl halides is 1. The van der Waals surface area contributed by atoms with Gasteiger partial charge in [0.1, 0.15) is 34.5 Å². The van der Waals surface area contributed by atoms with Crippen LogP contribution in [0.3, 0.4) is 0 Å². The lowest BCUT2D eigenvalue weighted by molar-refractivity contribution is -0.0102. The Bertz CT molecular complexity index is 1400. The predicted molar refractivity (Wildman–Crippen MR) is 125 cm³/mol. The maximum atomic E-state index is 15.0. The van der Waals surface area contributed by atoms with E-state index in [-0.39, 0.29) is 6.54 Å². The smallest absolute Gasteiger partial charge is 0.410 e. The summed E-state index contributed by atoms with van der Waals surface area (Å²) in [6.45, 7) is 5.53. The molecule has 10 heteroatoms. The molecular weight excluding hydrogens is 456 g/mol. The van der Waals surface area contributed by atoms with E-state index in [1.165, 1.54) is 27.6 Å². The number of fused-ring (bicyclic) bond motifs is 2. The molecule has 2 atom stereocenters. The second kappa shape index (κ2) is 8.75. The summed E-state index contributed by atoms with van der Waals surface area (Å²) in [6, 6.07) is 11.9. The Kier molecular flexibility index (Phi) is 5.74. The highest BCUT2D eigenvalue weighted by atomic mass is 19.1. The van der Waals surface area contributed by atoms with Crippen molar-refractivity contribution >= 4 is 22.6 Å². The van der Waals surface area contributed by atoms with Gasteiger partial charge in [0.15, 0.2) is 17.6 Å². The summed E-state index contributed by atoms with van der Waals surface area (Å²) >= 11 is 0. The van der Waals surface area contributed by atoms with Gasteiger partial charge in [-0.1, -0.05) is 18.2 Å². The molecular formula is C25H25F2N5O3. The number of carbonyl (C=O) groups excluding carboxylic acids is 1. The highest BCUT2D eigenvalue weighted by Crippen LogP contribution is 2.30. The Morgan fingerprint density at radius 1 is 1.11 bits per heavy atom. The number of rotatable bonds is 3. The van der Waals surface area contributed by atoms with Gasteiger partial charge >= 0.3 is 6.09 Å². The monoisotopic (exact) mass is 481 g/mol. The van der Waals surface area contributed by atoms with Crippen LogP contribution in [0.25, 0.3) is 28.1 Å². The van der Waals surface area contributed by atoms with Gasteiger partial charge in [0, 0.05) is 24.5 Å². The van der Waals surface area contributed by atoms with Gasteiger partial charge in [-0.05, 0) is 45.0 Å². The molecule has 1 aromatic carbocycles. The van der Waals surface area contributed by atoms with Crippen molar-refractivity contribution in [1.29, 1.82) is 0 Å². The van der Waals surface area contributed by atoms with Crippen molar-refractivity contribution in [2.24, 2.45) is 0 Å². The molecule has 1 amide bonds. The van der Waals surface area contributed by atoms with Gasteiger partial charge < -0.3 is 14.4 Å². The van der Waals surface area contributed by atoms with E-state index in [4.69, 9.17) is 14.5 Å². The first-order chi connectivity index (χ1) is 16.7. The summed E-state index contributed by atoms with van der Waals surface area (Å²) in [4.78, 5) is 18.4.